The van der Waals surface area contributed by atoms with Crippen LogP contribution in [-0.2, 0) is 6.42 Å². The van der Waals surface area contributed by atoms with Crippen LogP contribution in [0.15, 0.2) is 34.7 Å². The van der Waals surface area contributed by atoms with Crippen LogP contribution >= 0.6 is 11.6 Å². The number of carboxylic acid groups (broad SMARTS) is 1. The van der Waals surface area contributed by atoms with E-state index < -0.39 is 5.97 Å². The van der Waals surface area contributed by atoms with Crippen LogP contribution in [0.2, 0.25) is 5.02 Å². The number of carbonyl (C=O) groups is 1. The molecule has 0 unspecified atom stereocenters. The standard InChI is InChI=1S/C13H11ClO3/c1-8-6-10(14)3-2-9(8)7-11-4-5-12(17-11)13(15)16/h2-6H,7H2,1H3,(H,15,16). The molecule has 17 heavy (non-hydrogen) atoms. The third-order valence-corrected chi connectivity index (χ3v) is 2.78. The van der Waals surface area contributed by atoms with E-state index >= 15 is 0 Å². The maximum Gasteiger partial charge on any atom is 0.371 e. The minimum Gasteiger partial charge on any atom is -0.475 e. The Balaban J connectivity index is 2.22. The molecule has 1 aromatic carbocycles. The maximum absolute atomic E-state index is 10.7. The molecule has 0 radical (unpaired) electrons. The van der Waals surface area contributed by atoms with E-state index in [1.54, 1.807) is 6.07 Å². The number of aromatic carboxylic acids is 1. The van der Waals surface area contributed by atoms with Crippen molar-refractivity contribution in [3.8, 4) is 0 Å². The van der Waals surface area contributed by atoms with E-state index in [0.717, 1.165) is 11.1 Å². The molecule has 0 atom stereocenters. The highest BCUT2D eigenvalue weighted by atomic mass is 35.5. The Bertz CT molecular complexity index is 558. The summed E-state index contributed by atoms with van der Waals surface area (Å²) in [5.41, 5.74) is 2.13. The molecule has 0 aliphatic heterocycles. The quantitative estimate of drug-likeness (QED) is 0.907. The number of hydrogen-bond donors (Lipinski definition) is 1. The summed E-state index contributed by atoms with van der Waals surface area (Å²) in [5, 5.41) is 9.44. The molecule has 0 saturated heterocycles. The topological polar surface area (TPSA) is 50.4 Å². The fourth-order valence-corrected chi connectivity index (χ4v) is 1.86. The van der Waals surface area contributed by atoms with Crippen molar-refractivity contribution < 1.29 is 14.3 Å². The SMILES string of the molecule is Cc1cc(Cl)ccc1Cc1ccc(C(=O)O)o1. The molecule has 3 nitrogen and oxygen atoms in total. The molecule has 2 rings (SSSR count). The van der Waals surface area contributed by atoms with Gasteiger partial charge >= 0.3 is 5.97 Å². The summed E-state index contributed by atoms with van der Waals surface area (Å²) < 4.78 is 5.20. The summed E-state index contributed by atoms with van der Waals surface area (Å²) in [6, 6.07) is 8.74. The molecule has 88 valence electrons. The van der Waals surface area contributed by atoms with Gasteiger partial charge in [-0.05, 0) is 42.3 Å². The van der Waals surface area contributed by atoms with Crippen molar-refractivity contribution >= 4 is 17.6 Å². The smallest absolute Gasteiger partial charge is 0.371 e. The highest BCUT2D eigenvalue weighted by molar-refractivity contribution is 6.30. The van der Waals surface area contributed by atoms with Crippen LogP contribution in [0.3, 0.4) is 0 Å². The Kier molecular flexibility index (Phi) is 3.20. The lowest BCUT2D eigenvalue weighted by molar-refractivity contribution is 0.0660. The van der Waals surface area contributed by atoms with Gasteiger partial charge in [-0.1, -0.05) is 17.7 Å². The third-order valence-electron chi connectivity index (χ3n) is 2.54. The molecule has 1 heterocycles. The fourth-order valence-electron chi connectivity index (χ4n) is 1.63. The molecule has 0 saturated carbocycles. The maximum atomic E-state index is 10.7. The molecule has 1 N–H and O–H groups in total. The van der Waals surface area contributed by atoms with E-state index in [-0.39, 0.29) is 5.76 Å². The van der Waals surface area contributed by atoms with E-state index in [1.165, 1.54) is 6.07 Å². The molecule has 0 aliphatic rings. The molecule has 4 heteroatoms. The molecule has 0 bridgehead atoms. The Hall–Kier alpha value is -1.74. The first-order chi connectivity index (χ1) is 8.06. The fraction of sp³-hybridized carbons (Fsp3) is 0.154. The van der Waals surface area contributed by atoms with E-state index in [9.17, 15) is 4.79 Å². The zero-order valence-electron chi connectivity index (χ0n) is 9.24. The van der Waals surface area contributed by atoms with Crippen molar-refractivity contribution in [2.45, 2.75) is 13.3 Å². The second kappa shape index (κ2) is 4.63. The molecule has 0 fully saturated rings. The lowest BCUT2D eigenvalue weighted by Crippen LogP contribution is -1.93. The normalized spacial score (nSPS) is 10.5. The van der Waals surface area contributed by atoms with Gasteiger partial charge in [-0.15, -0.1) is 0 Å². The number of furan rings is 1. The zero-order valence-corrected chi connectivity index (χ0v) is 9.99. The van der Waals surface area contributed by atoms with Gasteiger partial charge in [0, 0.05) is 11.4 Å². The minimum absolute atomic E-state index is 0.0355. The first-order valence-electron chi connectivity index (χ1n) is 5.13. The zero-order chi connectivity index (χ0) is 12.4. The Morgan fingerprint density at radius 3 is 2.71 bits per heavy atom. The lowest BCUT2D eigenvalue weighted by atomic mass is 10.0. The first-order valence-corrected chi connectivity index (χ1v) is 5.51. The summed E-state index contributed by atoms with van der Waals surface area (Å²) in [5.74, 6) is -0.455. The van der Waals surface area contributed by atoms with Crippen molar-refractivity contribution in [1.82, 2.24) is 0 Å². The van der Waals surface area contributed by atoms with Crippen LogP contribution in [0.1, 0.15) is 27.4 Å². The van der Waals surface area contributed by atoms with Gasteiger partial charge in [0.05, 0.1) is 0 Å². The molecular weight excluding hydrogens is 240 g/mol. The van der Waals surface area contributed by atoms with Crippen LogP contribution < -0.4 is 0 Å². The van der Waals surface area contributed by atoms with Crippen LogP contribution in [0.4, 0.5) is 0 Å². The first kappa shape index (κ1) is 11.7. The molecule has 1 aromatic heterocycles. The van der Waals surface area contributed by atoms with Crippen molar-refractivity contribution in [3.05, 3.63) is 58.0 Å². The summed E-state index contributed by atoms with van der Waals surface area (Å²) >= 11 is 5.86. The largest absolute Gasteiger partial charge is 0.475 e. The molecule has 0 amide bonds. The van der Waals surface area contributed by atoms with Gasteiger partial charge in [0.15, 0.2) is 0 Å². The number of hydrogen-bond acceptors (Lipinski definition) is 2. The number of halogens is 1. The van der Waals surface area contributed by atoms with Crippen molar-refractivity contribution in [2.75, 3.05) is 0 Å². The van der Waals surface area contributed by atoms with Gasteiger partial charge in [-0.2, -0.15) is 0 Å². The summed E-state index contributed by atoms with van der Waals surface area (Å²) in [7, 11) is 0. The number of aryl methyl sites for hydroxylation is 1. The van der Waals surface area contributed by atoms with Crippen LogP contribution in [-0.4, -0.2) is 11.1 Å². The molecule has 2 aromatic rings. The van der Waals surface area contributed by atoms with Crippen LogP contribution in [0.5, 0.6) is 0 Å². The highest BCUT2D eigenvalue weighted by Gasteiger charge is 2.10. The predicted octanol–water partition coefficient (Wildman–Crippen LogP) is 3.53. The molecule has 0 aliphatic carbocycles. The average molecular weight is 251 g/mol. The van der Waals surface area contributed by atoms with Crippen molar-refractivity contribution in [2.24, 2.45) is 0 Å². The molecule has 0 spiro atoms. The van der Waals surface area contributed by atoms with E-state index in [1.807, 2.05) is 25.1 Å². The van der Waals surface area contributed by atoms with Gasteiger partial charge in [0.2, 0.25) is 5.76 Å². The Labute approximate surface area is 104 Å². The summed E-state index contributed by atoms with van der Waals surface area (Å²) in [6.07, 6.45) is 0.566. The van der Waals surface area contributed by atoms with Gasteiger partial charge in [-0.25, -0.2) is 4.79 Å². The van der Waals surface area contributed by atoms with Crippen LogP contribution in [0, 0.1) is 6.92 Å². The average Bonchev–Trinajstić information content (AvgIpc) is 2.71. The van der Waals surface area contributed by atoms with Gasteiger partial charge in [0.25, 0.3) is 0 Å². The highest BCUT2D eigenvalue weighted by Crippen LogP contribution is 2.19. The van der Waals surface area contributed by atoms with E-state index in [4.69, 9.17) is 21.1 Å². The summed E-state index contributed by atoms with van der Waals surface area (Å²) in [6.45, 7) is 1.96. The van der Waals surface area contributed by atoms with E-state index in [2.05, 4.69) is 0 Å². The van der Waals surface area contributed by atoms with Crippen molar-refractivity contribution in [3.63, 3.8) is 0 Å². The van der Waals surface area contributed by atoms with E-state index in [0.29, 0.717) is 17.2 Å². The number of benzene rings is 1. The third kappa shape index (κ3) is 2.68. The number of carboxylic acids is 1. The van der Waals surface area contributed by atoms with Gasteiger partial charge in [0.1, 0.15) is 5.76 Å². The predicted molar refractivity (Wildman–Crippen MR) is 64.7 cm³/mol. The van der Waals surface area contributed by atoms with Gasteiger partial charge < -0.3 is 9.52 Å². The minimum atomic E-state index is -1.05. The Morgan fingerprint density at radius 1 is 1.35 bits per heavy atom. The summed E-state index contributed by atoms with van der Waals surface area (Å²) in [4.78, 5) is 10.7. The van der Waals surface area contributed by atoms with Crippen LogP contribution in [0.25, 0.3) is 0 Å². The van der Waals surface area contributed by atoms with Gasteiger partial charge in [-0.3, -0.25) is 0 Å². The lowest BCUT2D eigenvalue weighted by Gasteiger charge is -2.03. The molecular formula is C13H11ClO3. The number of rotatable bonds is 3. The monoisotopic (exact) mass is 250 g/mol. The second-order valence-electron chi connectivity index (χ2n) is 3.82. The van der Waals surface area contributed by atoms with Crippen molar-refractivity contribution in [1.29, 1.82) is 0 Å². The Morgan fingerprint density at radius 2 is 2.12 bits per heavy atom. The second-order valence-corrected chi connectivity index (χ2v) is 4.26.